The van der Waals surface area contributed by atoms with Crippen LogP contribution in [0.2, 0.25) is 0 Å². The molecule has 0 aliphatic rings. The van der Waals surface area contributed by atoms with Crippen LogP contribution in [-0.2, 0) is 14.8 Å². The molecule has 1 N–H and O–H groups in total. The van der Waals surface area contributed by atoms with E-state index in [9.17, 15) is 17.6 Å². The van der Waals surface area contributed by atoms with Gasteiger partial charge in [-0.3, -0.25) is 4.79 Å². The third-order valence-corrected chi connectivity index (χ3v) is 5.19. The summed E-state index contributed by atoms with van der Waals surface area (Å²) in [6.45, 7) is 0. The molecule has 5 nitrogen and oxygen atoms in total. The van der Waals surface area contributed by atoms with E-state index in [1.165, 1.54) is 19.2 Å². The Bertz CT molecular complexity index is 844. The second kappa shape index (κ2) is 7.42. The van der Waals surface area contributed by atoms with Gasteiger partial charge in [-0.2, -0.15) is 4.31 Å². The van der Waals surface area contributed by atoms with E-state index in [1.54, 1.807) is 36.4 Å². The van der Waals surface area contributed by atoms with Crippen molar-refractivity contribution in [1.82, 2.24) is 4.31 Å². The predicted molar refractivity (Wildman–Crippen MR) is 94.5 cm³/mol. The molecule has 0 heterocycles. The number of halogens is 2. The fraction of sp³-hybridized carbons (Fsp3) is 0.188. The van der Waals surface area contributed by atoms with Gasteiger partial charge in [0.15, 0.2) is 0 Å². The minimum absolute atomic E-state index is 0.0222. The van der Waals surface area contributed by atoms with E-state index >= 15 is 0 Å². The van der Waals surface area contributed by atoms with Crippen molar-refractivity contribution in [2.75, 3.05) is 18.6 Å². The van der Waals surface area contributed by atoms with Crippen LogP contribution in [0.1, 0.15) is 11.6 Å². The van der Waals surface area contributed by atoms with Crippen molar-refractivity contribution in [3.63, 3.8) is 0 Å². The molecular formula is C16H16BrFN2O3S. The monoisotopic (exact) mass is 414 g/mol. The normalized spacial score (nSPS) is 12.9. The number of benzene rings is 2. The molecule has 1 atom stereocenters. The standard InChI is InChI=1S/C16H16BrFN2O3S/c1-20(24(2,22)23)15(11-6-4-3-5-7-11)16(21)19-14-9-8-12(17)10-13(14)18/h3-10,15H,1-2H3,(H,19,21)/t15-/m0/s1. The highest BCUT2D eigenvalue weighted by molar-refractivity contribution is 9.10. The van der Waals surface area contributed by atoms with Crippen LogP contribution in [-0.4, -0.2) is 31.9 Å². The number of likely N-dealkylation sites (N-methyl/N-ethyl adjacent to an activating group) is 1. The molecule has 0 saturated carbocycles. The van der Waals surface area contributed by atoms with Crippen molar-refractivity contribution >= 4 is 37.5 Å². The van der Waals surface area contributed by atoms with Gasteiger partial charge in [0.2, 0.25) is 15.9 Å². The summed E-state index contributed by atoms with van der Waals surface area (Å²) in [5.74, 6) is -1.26. The van der Waals surface area contributed by atoms with Crippen molar-refractivity contribution < 1.29 is 17.6 Å². The molecule has 0 aromatic heterocycles. The van der Waals surface area contributed by atoms with Gasteiger partial charge in [0.25, 0.3) is 0 Å². The molecular weight excluding hydrogens is 399 g/mol. The largest absolute Gasteiger partial charge is 0.322 e. The van der Waals surface area contributed by atoms with Crippen molar-refractivity contribution in [2.24, 2.45) is 0 Å². The maximum Gasteiger partial charge on any atom is 0.247 e. The fourth-order valence-electron chi connectivity index (χ4n) is 2.15. The number of nitrogens with zero attached hydrogens (tertiary/aromatic N) is 1. The second-order valence-corrected chi connectivity index (χ2v) is 8.16. The number of amides is 1. The molecule has 0 aliphatic heterocycles. The number of carbonyl (C=O) groups is 1. The second-order valence-electron chi connectivity index (χ2n) is 5.21. The SMILES string of the molecule is CN([C@H](C(=O)Nc1ccc(Br)cc1F)c1ccccc1)S(C)(=O)=O. The Kier molecular flexibility index (Phi) is 5.74. The van der Waals surface area contributed by atoms with E-state index in [1.807, 2.05) is 0 Å². The minimum atomic E-state index is -3.63. The summed E-state index contributed by atoms with van der Waals surface area (Å²) in [5, 5.41) is 2.45. The summed E-state index contributed by atoms with van der Waals surface area (Å²) in [7, 11) is -2.32. The summed E-state index contributed by atoms with van der Waals surface area (Å²) in [4.78, 5) is 12.6. The molecule has 0 saturated heterocycles. The number of rotatable bonds is 5. The highest BCUT2D eigenvalue weighted by Crippen LogP contribution is 2.25. The molecule has 0 bridgehead atoms. The lowest BCUT2D eigenvalue weighted by Gasteiger charge is -2.25. The average Bonchev–Trinajstić information content (AvgIpc) is 2.50. The molecule has 0 spiro atoms. The van der Waals surface area contributed by atoms with Crippen LogP contribution in [0.4, 0.5) is 10.1 Å². The highest BCUT2D eigenvalue weighted by Gasteiger charge is 2.31. The van der Waals surface area contributed by atoms with E-state index in [-0.39, 0.29) is 5.69 Å². The number of hydrogen-bond acceptors (Lipinski definition) is 3. The lowest BCUT2D eigenvalue weighted by atomic mass is 10.1. The van der Waals surface area contributed by atoms with Gasteiger partial charge < -0.3 is 5.32 Å². The first-order valence-electron chi connectivity index (χ1n) is 6.94. The van der Waals surface area contributed by atoms with Gasteiger partial charge in [0.05, 0.1) is 11.9 Å². The molecule has 2 aromatic carbocycles. The molecule has 1 amide bonds. The molecule has 8 heteroatoms. The first-order valence-corrected chi connectivity index (χ1v) is 9.58. The zero-order valence-electron chi connectivity index (χ0n) is 13.0. The van der Waals surface area contributed by atoms with E-state index in [0.29, 0.717) is 10.0 Å². The molecule has 128 valence electrons. The Morgan fingerprint density at radius 1 is 1.21 bits per heavy atom. The van der Waals surface area contributed by atoms with Gasteiger partial charge in [0.1, 0.15) is 11.9 Å². The van der Waals surface area contributed by atoms with Crippen molar-refractivity contribution in [2.45, 2.75) is 6.04 Å². The number of anilines is 1. The predicted octanol–water partition coefficient (Wildman–Crippen LogP) is 3.16. The number of hydrogen-bond donors (Lipinski definition) is 1. The highest BCUT2D eigenvalue weighted by atomic mass is 79.9. The van der Waals surface area contributed by atoms with Gasteiger partial charge in [-0.15, -0.1) is 0 Å². The lowest BCUT2D eigenvalue weighted by Crippen LogP contribution is -2.38. The summed E-state index contributed by atoms with van der Waals surface area (Å²) < 4.78 is 39.2. The molecule has 0 aliphatic carbocycles. The third-order valence-electron chi connectivity index (χ3n) is 3.44. The van der Waals surface area contributed by atoms with Crippen molar-refractivity contribution in [1.29, 1.82) is 0 Å². The smallest absolute Gasteiger partial charge is 0.247 e. The molecule has 2 rings (SSSR count). The third kappa shape index (κ3) is 4.40. The van der Waals surface area contributed by atoms with Gasteiger partial charge in [0, 0.05) is 11.5 Å². The van der Waals surface area contributed by atoms with Crippen LogP contribution in [0, 0.1) is 5.82 Å². The first kappa shape index (κ1) is 18.6. The van der Waals surface area contributed by atoms with Gasteiger partial charge in [-0.25, -0.2) is 12.8 Å². The average molecular weight is 415 g/mol. The Morgan fingerprint density at radius 3 is 2.38 bits per heavy atom. The topological polar surface area (TPSA) is 66.5 Å². The maximum atomic E-state index is 13.9. The minimum Gasteiger partial charge on any atom is -0.322 e. The molecule has 2 aromatic rings. The van der Waals surface area contributed by atoms with Crippen molar-refractivity contribution in [3.05, 3.63) is 64.4 Å². The van der Waals surface area contributed by atoms with E-state index in [0.717, 1.165) is 10.6 Å². The van der Waals surface area contributed by atoms with Crippen LogP contribution in [0.15, 0.2) is 53.0 Å². The summed E-state index contributed by atoms with van der Waals surface area (Å²) in [6, 6.07) is 11.5. The van der Waals surface area contributed by atoms with Crippen LogP contribution in [0.3, 0.4) is 0 Å². The zero-order chi connectivity index (χ0) is 17.9. The summed E-state index contributed by atoms with van der Waals surface area (Å²) in [6.07, 6.45) is 1.01. The quantitative estimate of drug-likeness (QED) is 0.816. The van der Waals surface area contributed by atoms with Crippen LogP contribution < -0.4 is 5.32 Å². The lowest BCUT2D eigenvalue weighted by molar-refractivity contribution is -0.119. The van der Waals surface area contributed by atoms with Gasteiger partial charge in [-0.05, 0) is 23.8 Å². The van der Waals surface area contributed by atoms with E-state index in [2.05, 4.69) is 21.2 Å². The Hall–Kier alpha value is -1.77. The molecule has 24 heavy (non-hydrogen) atoms. The van der Waals surface area contributed by atoms with Crippen molar-refractivity contribution in [3.8, 4) is 0 Å². The number of sulfonamides is 1. The zero-order valence-corrected chi connectivity index (χ0v) is 15.4. The summed E-state index contributed by atoms with van der Waals surface area (Å²) >= 11 is 3.14. The van der Waals surface area contributed by atoms with Gasteiger partial charge >= 0.3 is 0 Å². The van der Waals surface area contributed by atoms with Gasteiger partial charge in [-0.1, -0.05) is 46.3 Å². The summed E-state index contributed by atoms with van der Waals surface area (Å²) in [5.41, 5.74) is 0.464. The number of carbonyl (C=O) groups excluding carboxylic acids is 1. The fourth-order valence-corrected chi connectivity index (χ4v) is 3.08. The van der Waals surface area contributed by atoms with Crippen LogP contribution in [0.5, 0.6) is 0 Å². The molecule has 0 radical (unpaired) electrons. The number of nitrogens with one attached hydrogen (secondary N) is 1. The maximum absolute atomic E-state index is 13.9. The Balaban J connectivity index is 2.38. The molecule has 0 unspecified atom stereocenters. The van der Waals surface area contributed by atoms with Crippen LogP contribution in [0.25, 0.3) is 0 Å². The first-order chi connectivity index (χ1) is 11.2. The van der Waals surface area contributed by atoms with Crippen LogP contribution >= 0.6 is 15.9 Å². The Morgan fingerprint density at radius 2 is 1.83 bits per heavy atom. The van der Waals surface area contributed by atoms with E-state index in [4.69, 9.17) is 0 Å². The Labute approximate surface area is 148 Å². The molecule has 0 fully saturated rings. The van der Waals surface area contributed by atoms with E-state index < -0.39 is 27.8 Å².